The summed E-state index contributed by atoms with van der Waals surface area (Å²) in [6.07, 6.45) is 2.30. The molecule has 0 amide bonds. The molecular weight excluding hydrogens is 189 g/mol. The molecule has 0 heterocycles. The first-order chi connectivity index (χ1) is 5.76. The lowest BCUT2D eigenvalue weighted by Gasteiger charge is -2.05. The Morgan fingerprint density at radius 3 is 2.25 bits per heavy atom. The Morgan fingerprint density at radius 2 is 1.83 bits per heavy atom. The number of hydrogen-bond acceptors (Lipinski definition) is 2. The summed E-state index contributed by atoms with van der Waals surface area (Å²) in [5.41, 5.74) is 0. The second kappa shape index (κ2) is 8.06. The fraction of sp³-hybridized carbons (Fsp3) is 1.00. The molecule has 0 rings (SSSR count). The van der Waals surface area contributed by atoms with Gasteiger partial charge in [0.2, 0.25) is 11.8 Å². The minimum absolute atomic E-state index is 0.739. The SMILES string of the molecule is CCCCO[P+](=S)N(CC)CC. The molecule has 12 heavy (non-hydrogen) atoms. The molecule has 0 spiro atoms. The lowest BCUT2D eigenvalue weighted by Crippen LogP contribution is -2.14. The summed E-state index contributed by atoms with van der Waals surface area (Å²) < 4.78 is 7.73. The van der Waals surface area contributed by atoms with Crippen LogP contribution in [0.4, 0.5) is 0 Å². The molecule has 1 atom stereocenters. The third-order valence-corrected chi connectivity index (χ3v) is 4.10. The lowest BCUT2D eigenvalue weighted by molar-refractivity contribution is 0.317. The van der Waals surface area contributed by atoms with E-state index in [9.17, 15) is 0 Å². The van der Waals surface area contributed by atoms with Crippen LogP contribution in [0.25, 0.3) is 0 Å². The summed E-state index contributed by atoms with van der Waals surface area (Å²) in [6.45, 7) is 9.22. The van der Waals surface area contributed by atoms with Crippen molar-refractivity contribution in [2.75, 3.05) is 19.7 Å². The van der Waals surface area contributed by atoms with Crippen LogP contribution in [-0.2, 0) is 16.3 Å². The van der Waals surface area contributed by atoms with E-state index in [-0.39, 0.29) is 0 Å². The Kier molecular flexibility index (Phi) is 8.35. The molecule has 0 aromatic carbocycles. The lowest BCUT2D eigenvalue weighted by atomic mass is 10.4. The quantitative estimate of drug-likeness (QED) is 0.471. The van der Waals surface area contributed by atoms with E-state index in [1.54, 1.807) is 0 Å². The van der Waals surface area contributed by atoms with Crippen LogP contribution in [0.3, 0.4) is 0 Å². The van der Waals surface area contributed by atoms with Gasteiger partial charge >= 0.3 is 7.07 Å². The summed E-state index contributed by atoms with van der Waals surface area (Å²) in [4.78, 5) is 0. The third kappa shape index (κ3) is 5.15. The Bertz CT molecular complexity index is 128. The van der Waals surface area contributed by atoms with E-state index in [0.717, 1.165) is 26.1 Å². The minimum atomic E-state index is -0.739. The molecule has 0 aliphatic carbocycles. The van der Waals surface area contributed by atoms with Crippen LogP contribution in [0.5, 0.6) is 0 Å². The monoisotopic (exact) mass is 208 g/mol. The molecule has 72 valence electrons. The van der Waals surface area contributed by atoms with Gasteiger partial charge in [0.15, 0.2) is 0 Å². The van der Waals surface area contributed by atoms with Gasteiger partial charge in [-0.1, -0.05) is 18.0 Å². The van der Waals surface area contributed by atoms with Crippen molar-refractivity contribution in [1.82, 2.24) is 4.67 Å². The molecule has 4 heteroatoms. The average molecular weight is 208 g/mol. The predicted molar refractivity (Wildman–Crippen MR) is 58.1 cm³/mol. The zero-order valence-corrected chi connectivity index (χ0v) is 9.96. The van der Waals surface area contributed by atoms with Gasteiger partial charge in [0.1, 0.15) is 6.61 Å². The summed E-state index contributed by atoms with van der Waals surface area (Å²) in [6, 6.07) is 0. The van der Waals surface area contributed by atoms with Crippen LogP contribution in [0, 0.1) is 0 Å². The number of hydrogen-bond donors (Lipinski definition) is 0. The molecule has 0 fully saturated rings. The van der Waals surface area contributed by atoms with Crippen molar-refractivity contribution < 1.29 is 4.52 Å². The van der Waals surface area contributed by atoms with Gasteiger partial charge in [-0.25, -0.2) is 0 Å². The Labute approximate surface area is 81.8 Å². The predicted octanol–water partition coefficient (Wildman–Crippen LogP) is 2.92. The summed E-state index contributed by atoms with van der Waals surface area (Å²) in [7, 11) is -0.739. The minimum Gasteiger partial charge on any atom is -0.152 e. The van der Waals surface area contributed by atoms with Crippen molar-refractivity contribution in [1.29, 1.82) is 0 Å². The van der Waals surface area contributed by atoms with E-state index in [0.29, 0.717) is 0 Å². The van der Waals surface area contributed by atoms with Crippen LogP contribution in [-0.4, -0.2) is 24.4 Å². The maximum absolute atomic E-state index is 5.53. The highest BCUT2D eigenvalue weighted by atomic mass is 32.4. The maximum Gasteiger partial charge on any atom is 0.442 e. The van der Waals surface area contributed by atoms with E-state index < -0.39 is 7.07 Å². The zero-order chi connectivity index (χ0) is 9.40. The largest absolute Gasteiger partial charge is 0.442 e. The zero-order valence-electron chi connectivity index (χ0n) is 8.25. The standard InChI is InChI=1S/C8H19NOPS/c1-4-7-8-10-11(12)9(5-2)6-3/h4-8H2,1-3H3/q+1. The molecule has 0 bridgehead atoms. The van der Waals surface area contributed by atoms with Gasteiger partial charge in [-0.3, -0.25) is 0 Å². The number of unbranched alkanes of at least 4 members (excludes halogenated alkanes) is 1. The van der Waals surface area contributed by atoms with Crippen LogP contribution in [0.1, 0.15) is 33.6 Å². The van der Waals surface area contributed by atoms with Crippen molar-refractivity contribution in [3.05, 3.63) is 0 Å². The fourth-order valence-electron chi connectivity index (χ4n) is 0.823. The molecule has 2 nitrogen and oxygen atoms in total. The molecule has 0 saturated carbocycles. The van der Waals surface area contributed by atoms with Crippen LogP contribution >= 0.6 is 7.07 Å². The van der Waals surface area contributed by atoms with E-state index in [1.807, 2.05) is 0 Å². The highest BCUT2D eigenvalue weighted by molar-refractivity contribution is 8.01. The average Bonchev–Trinajstić information content (AvgIpc) is 2.07. The first-order valence-corrected chi connectivity index (χ1v) is 6.83. The van der Waals surface area contributed by atoms with Gasteiger partial charge in [-0.05, 0) is 20.3 Å². The van der Waals surface area contributed by atoms with Crippen LogP contribution in [0.15, 0.2) is 0 Å². The van der Waals surface area contributed by atoms with Gasteiger partial charge in [0.25, 0.3) is 0 Å². The van der Waals surface area contributed by atoms with Gasteiger partial charge in [-0.2, -0.15) is 4.52 Å². The molecule has 0 aliphatic rings. The highest BCUT2D eigenvalue weighted by Gasteiger charge is 2.20. The molecular formula is C8H19NOPS+. The summed E-state index contributed by atoms with van der Waals surface area (Å²) >= 11 is 5.24. The Balaban J connectivity index is 3.54. The van der Waals surface area contributed by atoms with Crippen LogP contribution in [0.2, 0.25) is 0 Å². The fourth-order valence-corrected chi connectivity index (χ4v) is 2.65. The highest BCUT2D eigenvalue weighted by Crippen LogP contribution is 2.27. The number of nitrogens with zero attached hydrogens (tertiary/aromatic N) is 1. The Hall–Kier alpha value is 0.440. The second-order valence-electron chi connectivity index (χ2n) is 2.56. The van der Waals surface area contributed by atoms with E-state index in [2.05, 4.69) is 25.4 Å². The first-order valence-electron chi connectivity index (χ1n) is 4.61. The van der Waals surface area contributed by atoms with Gasteiger partial charge in [0, 0.05) is 13.1 Å². The molecule has 0 aromatic heterocycles. The molecule has 0 aliphatic heterocycles. The van der Waals surface area contributed by atoms with Crippen molar-refractivity contribution in [2.45, 2.75) is 33.6 Å². The molecule has 0 radical (unpaired) electrons. The van der Waals surface area contributed by atoms with Gasteiger partial charge < -0.3 is 0 Å². The smallest absolute Gasteiger partial charge is 0.152 e. The second-order valence-corrected chi connectivity index (χ2v) is 4.80. The van der Waals surface area contributed by atoms with Crippen molar-refractivity contribution >= 4 is 18.9 Å². The summed E-state index contributed by atoms with van der Waals surface area (Å²) in [5.74, 6) is 0. The normalized spacial score (nSPS) is 12.2. The molecule has 0 N–H and O–H groups in total. The van der Waals surface area contributed by atoms with Gasteiger partial charge in [-0.15, -0.1) is 0 Å². The topological polar surface area (TPSA) is 12.5 Å². The molecule has 0 saturated heterocycles. The summed E-state index contributed by atoms with van der Waals surface area (Å²) in [5, 5.41) is 0. The van der Waals surface area contributed by atoms with E-state index in [1.165, 1.54) is 6.42 Å². The number of rotatable bonds is 7. The molecule has 1 unspecified atom stereocenters. The Morgan fingerprint density at radius 1 is 1.25 bits per heavy atom. The third-order valence-electron chi connectivity index (χ3n) is 1.66. The van der Waals surface area contributed by atoms with Crippen LogP contribution < -0.4 is 0 Å². The van der Waals surface area contributed by atoms with Crippen molar-refractivity contribution in [3.63, 3.8) is 0 Å². The van der Waals surface area contributed by atoms with Crippen molar-refractivity contribution in [3.8, 4) is 0 Å². The maximum atomic E-state index is 5.53. The van der Waals surface area contributed by atoms with Gasteiger partial charge in [0.05, 0.1) is 0 Å². The van der Waals surface area contributed by atoms with E-state index >= 15 is 0 Å². The van der Waals surface area contributed by atoms with E-state index in [4.69, 9.17) is 16.3 Å². The first kappa shape index (κ1) is 12.4. The van der Waals surface area contributed by atoms with Crippen molar-refractivity contribution in [2.24, 2.45) is 0 Å². The molecule has 0 aromatic rings.